The number of hydrogen-bond acceptors (Lipinski definition) is 3. The quantitative estimate of drug-likeness (QED) is 0.766. The minimum atomic E-state index is -0.0852. The molecular formula is C15H17NO3. The Hall–Kier alpha value is -1.84. The number of likely N-dealkylation sites (N-methyl/N-ethyl adjacent to an activating group) is 1. The predicted octanol–water partition coefficient (Wildman–Crippen LogP) is 2.41. The number of fused-ring (bicyclic) bond motifs is 1. The lowest BCUT2D eigenvalue weighted by molar-refractivity contribution is -0.120. The van der Waals surface area contributed by atoms with Gasteiger partial charge in [-0.25, -0.2) is 0 Å². The average molecular weight is 259 g/mol. The Labute approximate surface area is 112 Å². The van der Waals surface area contributed by atoms with Crippen LogP contribution in [0.25, 0.3) is 0 Å². The van der Waals surface area contributed by atoms with Crippen molar-refractivity contribution in [1.82, 2.24) is 0 Å². The minimum absolute atomic E-state index is 0.0689. The standard InChI is InChI=1S/C15H17NO3/c1-16-12-8-11(15(18)10-4-2-3-5-10)6-7-13(12)19-9-14(16)17/h6-8,10H,2-5,9H2,1H3. The molecule has 1 aromatic carbocycles. The first-order valence-electron chi connectivity index (χ1n) is 6.74. The fourth-order valence-electron chi connectivity index (χ4n) is 2.85. The van der Waals surface area contributed by atoms with Gasteiger partial charge < -0.3 is 9.64 Å². The molecule has 0 atom stereocenters. The molecule has 1 heterocycles. The van der Waals surface area contributed by atoms with E-state index in [4.69, 9.17) is 4.74 Å². The van der Waals surface area contributed by atoms with Gasteiger partial charge in [0.2, 0.25) is 0 Å². The van der Waals surface area contributed by atoms with E-state index in [0.29, 0.717) is 17.0 Å². The van der Waals surface area contributed by atoms with Crippen molar-refractivity contribution in [2.24, 2.45) is 5.92 Å². The van der Waals surface area contributed by atoms with Gasteiger partial charge in [0.25, 0.3) is 5.91 Å². The molecule has 0 spiro atoms. The summed E-state index contributed by atoms with van der Waals surface area (Å²) in [5, 5.41) is 0. The van der Waals surface area contributed by atoms with Gasteiger partial charge in [0.15, 0.2) is 12.4 Å². The first-order chi connectivity index (χ1) is 9.16. The molecule has 1 aromatic rings. The Morgan fingerprint density at radius 2 is 2.05 bits per heavy atom. The van der Waals surface area contributed by atoms with Gasteiger partial charge in [0.05, 0.1) is 5.69 Å². The van der Waals surface area contributed by atoms with Crippen LogP contribution in [-0.2, 0) is 4.79 Å². The zero-order valence-corrected chi connectivity index (χ0v) is 11.0. The summed E-state index contributed by atoms with van der Waals surface area (Å²) < 4.78 is 5.36. The van der Waals surface area contributed by atoms with E-state index in [1.165, 1.54) is 0 Å². The monoisotopic (exact) mass is 259 g/mol. The fourth-order valence-corrected chi connectivity index (χ4v) is 2.85. The van der Waals surface area contributed by atoms with E-state index in [1.54, 1.807) is 24.1 Å². The minimum Gasteiger partial charge on any atom is -0.482 e. The number of nitrogens with zero attached hydrogens (tertiary/aromatic N) is 1. The highest BCUT2D eigenvalue weighted by Gasteiger charge is 2.27. The van der Waals surface area contributed by atoms with Crippen molar-refractivity contribution < 1.29 is 14.3 Å². The van der Waals surface area contributed by atoms with E-state index in [0.717, 1.165) is 25.7 Å². The number of hydrogen-bond donors (Lipinski definition) is 0. The first kappa shape index (κ1) is 12.2. The second-order valence-corrected chi connectivity index (χ2v) is 5.27. The predicted molar refractivity (Wildman–Crippen MR) is 71.6 cm³/mol. The van der Waals surface area contributed by atoms with Gasteiger partial charge in [-0.3, -0.25) is 9.59 Å². The lowest BCUT2D eigenvalue weighted by Crippen LogP contribution is -2.35. The van der Waals surface area contributed by atoms with Crippen LogP contribution in [-0.4, -0.2) is 25.3 Å². The molecule has 2 aliphatic rings. The normalized spacial score (nSPS) is 19.2. The Kier molecular flexibility index (Phi) is 3.01. The third-order valence-corrected chi connectivity index (χ3v) is 4.06. The summed E-state index contributed by atoms with van der Waals surface area (Å²) in [6, 6.07) is 5.39. The molecule has 4 heteroatoms. The van der Waals surface area contributed by atoms with Gasteiger partial charge in [-0.2, -0.15) is 0 Å². The molecule has 0 saturated heterocycles. The van der Waals surface area contributed by atoms with Crippen molar-refractivity contribution in [3.05, 3.63) is 23.8 Å². The smallest absolute Gasteiger partial charge is 0.264 e. The van der Waals surface area contributed by atoms with Crippen molar-refractivity contribution in [2.75, 3.05) is 18.6 Å². The number of benzene rings is 1. The highest BCUT2D eigenvalue weighted by Crippen LogP contribution is 2.34. The molecule has 4 nitrogen and oxygen atoms in total. The Bertz CT molecular complexity index is 532. The van der Waals surface area contributed by atoms with Gasteiger partial charge in [0.1, 0.15) is 5.75 Å². The number of anilines is 1. The molecule has 1 aliphatic heterocycles. The second kappa shape index (κ2) is 4.68. The zero-order valence-electron chi connectivity index (χ0n) is 11.0. The molecule has 0 aromatic heterocycles. The lowest BCUT2D eigenvalue weighted by atomic mass is 9.95. The van der Waals surface area contributed by atoms with Crippen molar-refractivity contribution in [3.63, 3.8) is 0 Å². The SMILES string of the molecule is CN1C(=O)COc2ccc(C(=O)C3CCCC3)cc21. The maximum Gasteiger partial charge on any atom is 0.264 e. The summed E-state index contributed by atoms with van der Waals surface area (Å²) >= 11 is 0. The summed E-state index contributed by atoms with van der Waals surface area (Å²) in [6.45, 7) is 0.0689. The van der Waals surface area contributed by atoms with Gasteiger partial charge in [-0.1, -0.05) is 12.8 Å². The second-order valence-electron chi connectivity index (χ2n) is 5.27. The van der Waals surface area contributed by atoms with Crippen LogP contribution in [0.1, 0.15) is 36.0 Å². The van der Waals surface area contributed by atoms with Crippen LogP contribution < -0.4 is 9.64 Å². The highest BCUT2D eigenvalue weighted by atomic mass is 16.5. The van der Waals surface area contributed by atoms with E-state index in [2.05, 4.69) is 0 Å². The molecule has 19 heavy (non-hydrogen) atoms. The van der Waals surface area contributed by atoms with Crippen LogP contribution in [0.15, 0.2) is 18.2 Å². The van der Waals surface area contributed by atoms with Gasteiger partial charge in [-0.05, 0) is 31.0 Å². The molecule has 0 unspecified atom stereocenters. The molecule has 3 rings (SSSR count). The zero-order chi connectivity index (χ0) is 13.4. The maximum atomic E-state index is 12.4. The summed E-state index contributed by atoms with van der Waals surface area (Å²) in [5.74, 6) is 0.943. The van der Waals surface area contributed by atoms with Crippen molar-refractivity contribution in [1.29, 1.82) is 0 Å². The Morgan fingerprint density at radius 1 is 1.32 bits per heavy atom. The van der Waals surface area contributed by atoms with Crippen LogP contribution in [0.3, 0.4) is 0 Å². The number of ketones is 1. The number of amides is 1. The Morgan fingerprint density at radius 3 is 2.79 bits per heavy atom. The number of Topliss-reactive ketones (excluding diaryl/α,β-unsaturated/α-hetero) is 1. The maximum absolute atomic E-state index is 12.4. The fraction of sp³-hybridized carbons (Fsp3) is 0.467. The summed E-state index contributed by atoms with van der Waals surface area (Å²) in [5.41, 5.74) is 1.39. The van der Waals surface area contributed by atoms with Gasteiger partial charge in [0, 0.05) is 18.5 Å². The average Bonchev–Trinajstić information content (AvgIpc) is 2.96. The molecule has 1 saturated carbocycles. The third-order valence-electron chi connectivity index (χ3n) is 4.06. The molecule has 100 valence electrons. The highest BCUT2D eigenvalue weighted by molar-refractivity contribution is 6.02. The number of ether oxygens (including phenoxy) is 1. The lowest BCUT2D eigenvalue weighted by Gasteiger charge is -2.26. The van der Waals surface area contributed by atoms with E-state index >= 15 is 0 Å². The van der Waals surface area contributed by atoms with Crippen LogP contribution >= 0.6 is 0 Å². The van der Waals surface area contributed by atoms with Crippen molar-refractivity contribution >= 4 is 17.4 Å². The molecule has 1 fully saturated rings. The molecular weight excluding hydrogens is 242 g/mol. The van der Waals surface area contributed by atoms with Crippen molar-refractivity contribution in [3.8, 4) is 5.75 Å². The summed E-state index contributed by atoms with van der Waals surface area (Å²) in [6.07, 6.45) is 4.26. The van der Waals surface area contributed by atoms with Gasteiger partial charge in [-0.15, -0.1) is 0 Å². The van der Waals surface area contributed by atoms with Gasteiger partial charge >= 0.3 is 0 Å². The molecule has 0 N–H and O–H groups in total. The number of carbonyl (C=O) groups is 2. The summed E-state index contributed by atoms with van der Waals surface area (Å²) in [7, 11) is 1.72. The third kappa shape index (κ3) is 2.11. The Balaban J connectivity index is 1.92. The van der Waals surface area contributed by atoms with E-state index in [1.807, 2.05) is 6.07 Å². The number of rotatable bonds is 2. The summed E-state index contributed by atoms with van der Waals surface area (Å²) in [4.78, 5) is 25.5. The van der Waals surface area contributed by atoms with Crippen LogP contribution in [0.5, 0.6) is 5.75 Å². The van der Waals surface area contributed by atoms with E-state index < -0.39 is 0 Å². The van der Waals surface area contributed by atoms with Crippen LogP contribution in [0, 0.1) is 5.92 Å². The van der Waals surface area contributed by atoms with Crippen LogP contribution in [0.2, 0.25) is 0 Å². The molecule has 1 aliphatic carbocycles. The first-order valence-corrected chi connectivity index (χ1v) is 6.74. The molecule has 0 bridgehead atoms. The van der Waals surface area contributed by atoms with Crippen molar-refractivity contribution in [2.45, 2.75) is 25.7 Å². The van der Waals surface area contributed by atoms with E-state index in [9.17, 15) is 9.59 Å². The number of carbonyl (C=O) groups excluding carboxylic acids is 2. The largest absolute Gasteiger partial charge is 0.482 e. The topological polar surface area (TPSA) is 46.6 Å². The molecule has 0 radical (unpaired) electrons. The van der Waals surface area contributed by atoms with E-state index in [-0.39, 0.29) is 24.2 Å². The van der Waals surface area contributed by atoms with Crippen LogP contribution in [0.4, 0.5) is 5.69 Å². The molecule has 1 amide bonds.